The Balaban J connectivity index is 1.70. The van der Waals surface area contributed by atoms with Crippen LogP contribution in [-0.4, -0.2) is 21.8 Å². The summed E-state index contributed by atoms with van der Waals surface area (Å²) in [7, 11) is 0. The van der Waals surface area contributed by atoms with Gasteiger partial charge >= 0.3 is 0 Å². The Morgan fingerprint density at radius 2 is 2.18 bits per heavy atom. The van der Waals surface area contributed by atoms with E-state index in [1.165, 1.54) is 25.0 Å². The van der Waals surface area contributed by atoms with Crippen molar-refractivity contribution in [3.8, 4) is 11.3 Å². The number of nitrogens with one attached hydrogen (secondary N) is 1. The maximum Gasteiger partial charge on any atom is 0.130 e. The molecule has 3 N–H and O–H groups in total. The SMILES string of the molecule is NC(/C=C\c1ncc(-c2cccc(F)c2)[nH]1)=NC1CCCC1. The van der Waals surface area contributed by atoms with Crippen molar-refractivity contribution in [3.05, 3.63) is 48.2 Å². The molecule has 1 heterocycles. The van der Waals surface area contributed by atoms with Crippen molar-refractivity contribution >= 4 is 11.9 Å². The number of imidazole rings is 1. The number of aromatic nitrogens is 2. The van der Waals surface area contributed by atoms with Gasteiger partial charge in [0.1, 0.15) is 17.5 Å². The highest BCUT2D eigenvalue weighted by atomic mass is 19.1. The second kappa shape index (κ2) is 6.56. The van der Waals surface area contributed by atoms with Gasteiger partial charge in [-0.05, 0) is 37.1 Å². The minimum absolute atomic E-state index is 0.267. The van der Waals surface area contributed by atoms with Crippen molar-refractivity contribution in [1.29, 1.82) is 0 Å². The standard InChI is InChI=1S/C17H19FN4/c18-13-5-3-4-12(10-13)15-11-20-17(22-15)9-8-16(19)21-14-6-1-2-7-14/h3-5,8-11,14H,1-2,6-7H2,(H2,19,21)(H,20,22)/b9-8-. The van der Waals surface area contributed by atoms with Crippen LogP contribution in [0.4, 0.5) is 4.39 Å². The van der Waals surface area contributed by atoms with E-state index in [4.69, 9.17) is 5.73 Å². The third-order valence-corrected chi connectivity index (χ3v) is 3.80. The highest BCUT2D eigenvalue weighted by Gasteiger charge is 2.13. The molecule has 1 aromatic carbocycles. The summed E-state index contributed by atoms with van der Waals surface area (Å²) in [6.07, 6.45) is 9.94. The number of nitrogens with two attached hydrogens (primary N) is 1. The second-order valence-corrected chi connectivity index (χ2v) is 5.52. The van der Waals surface area contributed by atoms with Crippen LogP contribution in [-0.2, 0) is 0 Å². The van der Waals surface area contributed by atoms with Gasteiger partial charge in [-0.1, -0.05) is 25.0 Å². The van der Waals surface area contributed by atoms with Crippen LogP contribution in [0.15, 0.2) is 41.5 Å². The van der Waals surface area contributed by atoms with Crippen LogP contribution in [0.2, 0.25) is 0 Å². The third-order valence-electron chi connectivity index (χ3n) is 3.80. The molecule has 1 saturated carbocycles. The molecule has 0 saturated heterocycles. The van der Waals surface area contributed by atoms with Crippen molar-refractivity contribution < 1.29 is 4.39 Å². The lowest BCUT2D eigenvalue weighted by atomic mass is 10.2. The summed E-state index contributed by atoms with van der Waals surface area (Å²) < 4.78 is 13.2. The fraction of sp³-hybridized carbons (Fsp3) is 0.294. The summed E-state index contributed by atoms with van der Waals surface area (Å²) in [4.78, 5) is 11.9. The molecular weight excluding hydrogens is 279 g/mol. The molecule has 1 aliphatic carbocycles. The van der Waals surface area contributed by atoms with E-state index in [2.05, 4.69) is 15.0 Å². The zero-order chi connectivity index (χ0) is 15.4. The number of hydrogen-bond acceptors (Lipinski definition) is 2. The highest BCUT2D eigenvalue weighted by molar-refractivity contribution is 5.94. The Labute approximate surface area is 129 Å². The molecule has 5 heteroatoms. The normalized spacial score (nSPS) is 16.7. The van der Waals surface area contributed by atoms with E-state index >= 15 is 0 Å². The molecule has 22 heavy (non-hydrogen) atoms. The third kappa shape index (κ3) is 3.61. The molecule has 0 spiro atoms. The first kappa shape index (κ1) is 14.5. The van der Waals surface area contributed by atoms with E-state index in [9.17, 15) is 4.39 Å². The van der Waals surface area contributed by atoms with Crippen LogP contribution in [0.25, 0.3) is 17.3 Å². The van der Waals surface area contributed by atoms with Gasteiger partial charge in [0.25, 0.3) is 0 Å². The Bertz CT molecular complexity index is 696. The van der Waals surface area contributed by atoms with Gasteiger partial charge in [-0.15, -0.1) is 0 Å². The molecule has 0 aliphatic heterocycles. The maximum absolute atomic E-state index is 13.2. The van der Waals surface area contributed by atoms with Gasteiger partial charge < -0.3 is 10.7 Å². The van der Waals surface area contributed by atoms with E-state index in [0.717, 1.165) is 24.1 Å². The molecule has 4 nitrogen and oxygen atoms in total. The van der Waals surface area contributed by atoms with Gasteiger partial charge in [0.2, 0.25) is 0 Å². The Kier molecular flexibility index (Phi) is 4.32. The van der Waals surface area contributed by atoms with Crippen LogP contribution in [0.1, 0.15) is 31.5 Å². The average Bonchev–Trinajstić information content (AvgIpc) is 3.16. The lowest BCUT2D eigenvalue weighted by Crippen LogP contribution is -2.12. The van der Waals surface area contributed by atoms with Crippen molar-refractivity contribution in [2.75, 3.05) is 0 Å². The van der Waals surface area contributed by atoms with Gasteiger partial charge in [0.15, 0.2) is 0 Å². The lowest BCUT2D eigenvalue weighted by molar-refractivity contribution is 0.628. The molecule has 1 aliphatic rings. The number of amidine groups is 1. The summed E-state index contributed by atoms with van der Waals surface area (Å²) in [5.41, 5.74) is 7.44. The first-order valence-electron chi connectivity index (χ1n) is 7.53. The number of halogens is 1. The molecule has 0 amide bonds. The van der Waals surface area contributed by atoms with Crippen LogP contribution in [0.3, 0.4) is 0 Å². The van der Waals surface area contributed by atoms with Crippen molar-refractivity contribution in [2.24, 2.45) is 10.7 Å². The molecule has 114 valence electrons. The summed E-state index contributed by atoms with van der Waals surface area (Å²) >= 11 is 0. The molecule has 2 aromatic rings. The fourth-order valence-corrected chi connectivity index (χ4v) is 2.68. The Hall–Kier alpha value is -2.43. The number of aliphatic imine (C=N–C) groups is 1. The van der Waals surface area contributed by atoms with Gasteiger partial charge in [0, 0.05) is 5.56 Å². The quantitative estimate of drug-likeness (QED) is 0.670. The van der Waals surface area contributed by atoms with E-state index in [1.54, 1.807) is 24.4 Å². The summed E-state index contributed by atoms with van der Waals surface area (Å²) in [6, 6.07) is 6.76. The predicted octanol–water partition coefficient (Wildman–Crippen LogP) is 3.53. The van der Waals surface area contributed by atoms with Crippen molar-refractivity contribution in [1.82, 2.24) is 9.97 Å². The van der Waals surface area contributed by atoms with Gasteiger partial charge in [0.05, 0.1) is 17.9 Å². The number of aromatic amines is 1. The number of benzene rings is 1. The first-order valence-corrected chi connectivity index (χ1v) is 7.53. The summed E-state index contributed by atoms with van der Waals surface area (Å²) in [6.45, 7) is 0. The minimum Gasteiger partial charge on any atom is -0.384 e. The molecule has 0 radical (unpaired) electrons. The van der Waals surface area contributed by atoms with Crippen molar-refractivity contribution in [2.45, 2.75) is 31.7 Å². The zero-order valence-electron chi connectivity index (χ0n) is 12.3. The Morgan fingerprint density at radius 3 is 2.95 bits per heavy atom. The van der Waals surface area contributed by atoms with Crippen LogP contribution in [0.5, 0.6) is 0 Å². The highest BCUT2D eigenvalue weighted by Crippen LogP contribution is 2.21. The fourth-order valence-electron chi connectivity index (χ4n) is 2.68. The summed E-state index contributed by atoms with van der Waals surface area (Å²) in [5, 5.41) is 0. The number of H-pyrrole nitrogens is 1. The second-order valence-electron chi connectivity index (χ2n) is 5.52. The van der Waals surface area contributed by atoms with E-state index in [-0.39, 0.29) is 5.82 Å². The molecule has 0 bridgehead atoms. The van der Waals surface area contributed by atoms with Gasteiger partial charge in [-0.3, -0.25) is 4.99 Å². The van der Waals surface area contributed by atoms with Crippen LogP contribution >= 0.6 is 0 Å². The monoisotopic (exact) mass is 298 g/mol. The minimum atomic E-state index is -0.267. The molecule has 1 fully saturated rings. The summed E-state index contributed by atoms with van der Waals surface area (Å²) in [5.74, 6) is 0.927. The first-order chi connectivity index (χ1) is 10.7. The van der Waals surface area contributed by atoms with Crippen LogP contribution in [0, 0.1) is 5.82 Å². The molecule has 1 aromatic heterocycles. The lowest BCUT2D eigenvalue weighted by Gasteiger charge is -2.01. The Morgan fingerprint density at radius 1 is 1.36 bits per heavy atom. The largest absolute Gasteiger partial charge is 0.384 e. The smallest absolute Gasteiger partial charge is 0.130 e. The number of hydrogen-bond donors (Lipinski definition) is 2. The maximum atomic E-state index is 13.2. The van der Waals surface area contributed by atoms with E-state index in [1.807, 2.05) is 6.07 Å². The van der Waals surface area contributed by atoms with Crippen LogP contribution < -0.4 is 5.73 Å². The number of rotatable bonds is 4. The molecular formula is C17H19FN4. The topological polar surface area (TPSA) is 67.1 Å². The molecule has 3 rings (SSSR count). The van der Waals surface area contributed by atoms with E-state index in [0.29, 0.717) is 17.7 Å². The molecule has 0 atom stereocenters. The van der Waals surface area contributed by atoms with Crippen molar-refractivity contribution in [3.63, 3.8) is 0 Å². The van der Waals surface area contributed by atoms with Gasteiger partial charge in [-0.25, -0.2) is 9.37 Å². The molecule has 0 unspecified atom stereocenters. The zero-order valence-corrected chi connectivity index (χ0v) is 12.3. The number of nitrogens with zero attached hydrogens (tertiary/aromatic N) is 2. The van der Waals surface area contributed by atoms with Gasteiger partial charge in [-0.2, -0.15) is 0 Å². The van der Waals surface area contributed by atoms with E-state index < -0.39 is 0 Å². The average molecular weight is 298 g/mol. The predicted molar refractivity (Wildman–Crippen MR) is 86.9 cm³/mol.